The van der Waals surface area contributed by atoms with Crippen molar-refractivity contribution in [2.24, 2.45) is 0 Å². The monoisotopic (exact) mass is 286 g/mol. The molecule has 21 heavy (non-hydrogen) atoms. The normalized spacial score (nSPS) is 22.9. The number of rotatable bonds is 3. The smallest absolute Gasteiger partial charge is 0.241 e. The number of hydrogen-bond donors (Lipinski definition) is 0. The van der Waals surface area contributed by atoms with Gasteiger partial charge >= 0.3 is 0 Å². The average molecular weight is 286 g/mol. The third-order valence-corrected chi connectivity index (χ3v) is 4.97. The Bertz CT molecular complexity index is 500. The molecule has 1 aromatic rings. The number of hydrogen-bond acceptors (Lipinski definition) is 2. The number of amides is 1. The summed E-state index contributed by atoms with van der Waals surface area (Å²) in [6, 6.07) is 8.97. The molecular weight excluding hydrogens is 260 g/mol. The predicted molar refractivity (Wildman–Crippen MR) is 86.6 cm³/mol. The van der Waals surface area contributed by atoms with Crippen LogP contribution in [0.3, 0.4) is 0 Å². The number of carbonyl (C=O) groups is 1. The molecule has 1 aromatic carbocycles. The van der Waals surface area contributed by atoms with Gasteiger partial charge in [0.05, 0.1) is 6.54 Å². The molecule has 1 atom stereocenters. The lowest BCUT2D eigenvalue weighted by molar-refractivity contribution is -0.120. The lowest BCUT2D eigenvalue weighted by Crippen LogP contribution is -2.47. The highest BCUT2D eigenvalue weighted by Gasteiger charge is 2.27. The second kappa shape index (κ2) is 6.61. The molecule has 0 aromatic heterocycles. The zero-order valence-electron chi connectivity index (χ0n) is 13.1. The summed E-state index contributed by atoms with van der Waals surface area (Å²) < 4.78 is 0. The minimum atomic E-state index is 0.280. The summed E-state index contributed by atoms with van der Waals surface area (Å²) in [7, 11) is 0. The Hall–Kier alpha value is -1.35. The zero-order valence-corrected chi connectivity index (χ0v) is 13.1. The number of fused-ring (bicyclic) bond motifs is 1. The number of piperidine rings is 1. The minimum absolute atomic E-state index is 0.280. The topological polar surface area (TPSA) is 23.6 Å². The van der Waals surface area contributed by atoms with E-state index in [2.05, 4.69) is 30.0 Å². The van der Waals surface area contributed by atoms with Crippen molar-refractivity contribution in [3.05, 3.63) is 29.8 Å². The van der Waals surface area contributed by atoms with Gasteiger partial charge in [0.25, 0.3) is 0 Å². The van der Waals surface area contributed by atoms with Crippen LogP contribution in [0.4, 0.5) is 5.69 Å². The molecule has 2 aliphatic rings. The third kappa shape index (κ3) is 3.13. The Balaban J connectivity index is 1.71. The van der Waals surface area contributed by atoms with Gasteiger partial charge in [0.2, 0.25) is 5.91 Å². The van der Waals surface area contributed by atoms with Crippen LogP contribution in [0.2, 0.25) is 0 Å². The Morgan fingerprint density at radius 1 is 1.19 bits per heavy atom. The number of benzene rings is 1. The van der Waals surface area contributed by atoms with Crippen molar-refractivity contribution in [1.82, 2.24) is 4.90 Å². The summed E-state index contributed by atoms with van der Waals surface area (Å²) >= 11 is 0. The molecule has 0 aliphatic carbocycles. The lowest BCUT2D eigenvalue weighted by Gasteiger charge is -2.37. The largest absolute Gasteiger partial charge is 0.311 e. The van der Waals surface area contributed by atoms with Gasteiger partial charge in [-0.05, 0) is 50.3 Å². The molecule has 1 unspecified atom stereocenters. The van der Waals surface area contributed by atoms with E-state index in [0.717, 1.165) is 38.0 Å². The first-order valence-electron chi connectivity index (χ1n) is 8.42. The van der Waals surface area contributed by atoms with Crippen molar-refractivity contribution in [3.63, 3.8) is 0 Å². The Morgan fingerprint density at radius 3 is 2.90 bits per heavy atom. The maximum absolute atomic E-state index is 12.8. The van der Waals surface area contributed by atoms with E-state index in [-0.39, 0.29) is 5.91 Å². The van der Waals surface area contributed by atoms with Crippen molar-refractivity contribution < 1.29 is 4.79 Å². The summed E-state index contributed by atoms with van der Waals surface area (Å²) in [4.78, 5) is 17.2. The van der Waals surface area contributed by atoms with E-state index < -0.39 is 0 Å². The fourth-order valence-corrected chi connectivity index (χ4v) is 3.78. The molecule has 1 saturated heterocycles. The van der Waals surface area contributed by atoms with Crippen molar-refractivity contribution in [2.75, 3.05) is 24.5 Å². The van der Waals surface area contributed by atoms with Crippen LogP contribution in [0.5, 0.6) is 0 Å². The second-order valence-corrected chi connectivity index (χ2v) is 6.31. The molecule has 1 fully saturated rings. The van der Waals surface area contributed by atoms with Crippen LogP contribution in [0.1, 0.15) is 44.6 Å². The highest BCUT2D eigenvalue weighted by atomic mass is 16.2. The molecule has 3 nitrogen and oxygen atoms in total. The summed E-state index contributed by atoms with van der Waals surface area (Å²) in [6.07, 6.45) is 7.14. The molecule has 3 rings (SSSR count). The Kier molecular flexibility index (Phi) is 4.59. The van der Waals surface area contributed by atoms with Crippen LogP contribution < -0.4 is 4.90 Å². The molecule has 1 amide bonds. The summed E-state index contributed by atoms with van der Waals surface area (Å²) in [5, 5.41) is 0. The van der Waals surface area contributed by atoms with E-state index in [1.807, 2.05) is 11.0 Å². The maximum Gasteiger partial charge on any atom is 0.241 e. The number of carbonyl (C=O) groups excluding carboxylic acids is 1. The zero-order chi connectivity index (χ0) is 14.7. The van der Waals surface area contributed by atoms with E-state index in [1.165, 1.54) is 24.8 Å². The van der Waals surface area contributed by atoms with Gasteiger partial charge in [-0.3, -0.25) is 9.69 Å². The van der Waals surface area contributed by atoms with Gasteiger partial charge in [0, 0.05) is 18.3 Å². The minimum Gasteiger partial charge on any atom is -0.311 e. The Labute approximate surface area is 127 Å². The standard InChI is InChI=1S/C18H26N2O/c1-2-16-10-5-6-12-19(16)14-18(21)20-13-7-9-15-8-3-4-11-17(15)20/h3-4,8,11,16H,2,5-7,9-10,12-14H2,1H3. The highest BCUT2D eigenvalue weighted by molar-refractivity contribution is 5.96. The van der Waals surface area contributed by atoms with Crippen molar-refractivity contribution in [2.45, 2.75) is 51.5 Å². The third-order valence-electron chi connectivity index (χ3n) is 4.97. The van der Waals surface area contributed by atoms with Gasteiger partial charge in [-0.1, -0.05) is 31.5 Å². The van der Waals surface area contributed by atoms with Gasteiger partial charge in [0.1, 0.15) is 0 Å². The number of nitrogens with zero attached hydrogens (tertiary/aromatic N) is 2. The molecule has 0 N–H and O–H groups in total. The fraction of sp³-hybridized carbons (Fsp3) is 0.611. The van der Waals surface area contributed by atoms with E-state index in [9.17, 15) is 4.79 Å². The lowest BCUT2D eigenvalue weighted by atomic mass is 9.99. The quantitative estimate of drug-likeness (QED) is 0.851. The van der Waals surface area contributed by atoms with E-state index in [1.54, 1.807) is 0 Å². The fourth-order valence-electron chi connectivity index (χ4n) is 3.78. The number of aryl methyl sites for hydroxylation is 1. The first kappa shape index (κ1) is 14.6. The summed E-state index contributed by atoms with van der Waals surface area (Å²) in [5.74, 6) is 0.280. The SMILES string of the molecule is CCC1CCCCN1CC(=O)N1CCCc2ccccc21. The van der Waals surface area contributed by atoms with E-state index >= 15 is 0 Å². The van der Waals surface area contributed by atoms with Gasteiger partial charge < -0.3 is 4.90 Å². The molecular formula is C18H26N2O. The van der Waals surface area contributed by atoms with Gasteiger partial charge in [-0.2, -0.15) is 0 Å². The molecule has 0 bridgehead atoms. The summed E-state index contributed by atoms with van der Waals surface area (Å²) in [6.45, 7) is 4.79. The Morgan fingerprint density at radius 2 is 2.05 bits per heavy atom. The number of para-hydroxylation sites is 1. The highest BCUT2D eigenvalue weighted by Crippen LogP contribution is 2.27. The molecule has 3 heteroatoms. The molecule has 0 radical (unpaired) electrons. The van der Waals surface area contributed by atoms with Gasteiger partial charge in [-0.25, -0.2) is 0 Å². The first-order valence-corrected chi connectivity index (χ1v) is 8.42. The van der Waals surface area contributed by atoms with Crippen molar-refractivity contribution in [3.8, 4) is 0 Å². The number of anilines is 1. The van der Waals surface area contributed by atoms with Crippen LogP contribution in [0, 0.1) is 0 Å². The van der Waals surface area contributed by atoms with Crippen LogP contribution in [0.25, 0.3) is 0 Å². The van der Waals surface area contributed by atoms with Crippen molar-refractivity contribution in [1.29, 1.82) is 0 Å². The molecule has 0 saturated carbocycles. The summed E-state index contributed by atoms with van der Waals surface area (Å²) in [5.41, 5.74) is 2.46. The molecule has 0 spiro atoms. The molecule has 2 aliphatic heterocycles. The molecule has 2 heterocycles. The van der Waals surface area contributed by atoms with Crippen LogP contribution in [-0.4, -0.2) is 36.5 Å². The van der Waals surface area contributed by atoms with Gasteiger partial charge in [0.15, 0.2) is 0 Å². The molecule has 114 valence electrons. The maximum atomic E-state index is 12.8. The first-order chi connectivity index (χ1) is 10.3. The predicted octanol–water partition coefficient (Wildman–Crippen LogP) is 3.23. The van der Waals surface area contributed by atoms with Gasteiger partial charge in [-0.15, -0.1) is 0 Å². The second-order valence-electron chi connectivity index (χ2n) is 6.31. The van der Waals surface area contributed by atoms with Crippen LogP contribution in [0.15, 0.2) is 24.3 Å². The van der Waals surface area contributed by atoms with E-state index in [0.29, 0.717) is 12.6 Å². The van der Waals surface area contributed by atoms with Crippen LogP contribution >= 0.6 is 0 Å². The average Bonchev–Trinajstić information content (AvgIpc) is 2.54. The van der Waals surface area contributed by atoms with E-state index in [4.69, 9.17) is 0 Å². The van der Waals surface area contributed by atoms with Crippen molar-refractivity contribution >= 4 is 11.6 Å². The van der Waals surface area contributed by atoms with Crippen LogP contribution in [-0.2, 0) is 11.2 Å². The number of likely N-dealkylation sites (tertiary alicyclic amines) is 1.